The zero-order chi connectivity index (χ0) is 23.3. The summed E-state index contributed by atoms with van der Waals surface area (Å²) in [6.45, 7) is 8.43. The average Bonchev–Trinajstić information content (AvgIpc) is 2.74. The van der Waals surface area contributed by atoms with Crippen LogP contribution in [0.15, 0.2) is 60.7 Å². The molecule has 0 aliphatic heterocycles. The van der Waals surface area contributed by atoms with Gasteiger partial charge in [0.1, 0.15) is 23.9 Å². The molecule has 0 saturated carbocycles. The molecule has 0 unspecified atom stereocenters. The predicted octanol–water partition coefficient (Wildman–Crippen LogP) is 6.10. The normalized spacial score (nSPS) is 11.1. The average molecular weight is 433 g/mol. The Morgan fingerprint density at radius 2 is 1.69 bits per heavy atom. The van der Waals surface area contributed by atoms with Crippen molar-refractivity contribution in [2.24, 2.45) is 5.41 Å². The molecule has 0 amide bonds. The fraction of sp³-hybridized carbons (Fsp3) is 0.259. The van der Waals surface area contributed by atoms with Crippen LogP contribution in [0, 0.1) is 12.3 Å². The van der Waals surface area contributed by atoms with Gasteiger partial charge in [0.15, 0.2) is 5.78 Å². The van der Waals surface area contributed by atoms with Crippen molar-refractivity contribution >= 4 is 12.3 Å². The van der Waals surface area contributed by atoms with Crippen LogP contribution in [0.4, 0.5) is 0 Å². The van der Waals surface area contributed by atoms with Crippen molar-refractivity contribution in [3.05, 3.63) is 77.4 Å². The molecule has 166 valence electrons. The van der Waals surface area contributed by atoms with Crippen LogP contribution < -0.4 is 9.47 Å². The summed E-state index contributed by atoms with van der Waals surface area (Å²) in [5.41, 5.74) is 3.53. The van der Waals surface area contributed by atoms with Crippen LogP contribution in [0.2, 0.25) is 0 Å². The number of carbonyl (C=O) groups is 2. The molecule has 1 N–H and O–H groups in total. The summed E-state index contributed by atoms with van der Waals surface area (Å²) in [5, 5.41) is 10.6. The highest BCUT2D eigenvalue weighted by Crippen LogP contribution is 2.34. The summed E-state index contributed by atoms with van der Waals surface area (Å²) >= 11 is 0. The third-order valence-corrected chi connectivity index (χ3v) is 5.05. The minimum atomic E-state index is -0.156. The summed E-state index contributed by atoms with van der Waals surface area (Å²) in [6.07, 6.45) is 0.353. The molecule has 0 spiro atoms. The summed E-state index contributed by atoms with van der Waals surface area (Å²) in [5.74, 6) is 0.892. The van der Waals surface area contributed by atoms with Crippen molar-refractivity contribution in [1.82, 2.24) is 0 Å². The number of Topliss-reactive ketones (excluding diaryl/α,β-unsaturated/α-hetero) is 1. The van der Waals surface area contributed by atoms with Crippen LogP contribution in [0.1, 0.15) is 48.7 Å². The molecule has 5 nitrogen and oxygen atoms in total. The first-order chi connectivity index (χ1) is 15.2. The number of phenolic OH excluding ortho intramolecular Hbond substituents is 1. The summed E-state index contributed by atoms with van der Waals surface area (Å²) in [7, 11) is 0. The van der Waals surface area contributed by atoms with E-state index in [-0.39, 0.29) is 16.9 Å². The first-order valence-corrected chi connectivity index (χ1v) is 10.5. The number of ether oxygens (including phenoxy) is 2. The molecule has 0 aliphatic rings. The molecule has 0 heterocycles. The zero-order valence-corrected chi connectivity index (χ0v) is 18.8. The molecule has 0 bridgehead atoms. The lowest BCUT2D eigenvalue weighted by Gasteiger charge is -2.18. The van der Waals surface area contributed by atoms with Crippen molar-refractivity contribution in [3.8, 4) is 28.4 Å². The van der Waals surface area contributed by atoms with E-state index in [2.05, 4.69) is 0 Å². The van der Waals surface area contributed by atoms with Gasteiger partial charge >= 0.3 is 0 Å². The van der Waals surface area contributed by atoms with Gasteiger partial charge in [0, 0.05) is 12.0 Å². The highest BCUT2D eigenvalue weighted by molar-refractivity contribution is 5.99. The van der Waals surface area contributed by atoms with Crippen LogP contribution in [-0.4, -0.2) is 17.4 Å². The second-order valence-corrected chi connectivity index (χ2v) is 8.98. The van der Waals surface area contributed by atoms with Crippen molar-refractivity contribution in [1.29, 1.82) is 0 Å². The third kappa shape index (κ3) is 5.76. The minimum absolute atomic E-state index is 0.0301. The van der Waals surface area contributed by atoms with Gasteiger partial charge in [0.25, 0.3) is 6.47 Å². The number of ketones is 1. The monoisotopic (exact) mass is 432 g/mol. The van der Waals surface area contributed by atoms with Crippen LogP contribution in [-0.2, 0) is 11.4 Å². The Morgan fingerprint density at radius 1 is 1.00 bits per heavy atom. The topological polar surface area (TPSA) is 72.8 Å². The standard InChI is InChI=1S/C27H28O5/c1-18-25(12-11-23(26(18)30)24(29)15-27(2,3)4)31-16-19-7-5-8-20(13-19)21-9-6-10-22(14-21)32-17-28/h5-14,17,30H,15-16H2,1-4H3. The number of phenols is 1. The molecule has 0 atom stereocenters. The maximum atomic E-state index is 12.5. The van der Waals surface area contributed by atoms with E-state index in [0.29, 0.717) is 42.1 Å². The van der Waals surface area contributed by atoms with Gasteiger partial charge in [-0.05, 0) is 59.4 Å². The molecule has 0 saturated heterocycles. The van der Waals surface area contributed by atoms with Gasteiger partial charge in [-0.2, -0.15) is 0 Å². The Morgan fingerprint density at radius 3 is 2.38 bits per heavy atom. The highest BCUT2D eigenvalue weighted by Gasteiger charge is 2.21. The number of hydrogen-bond acceptors (Lipinski definition) is 5. The SMILES string of the molecule is Cc1c(OCc2cccc(-c3cccc(OC=O)c3)c2)ccc(C(=O)CC(C)(C)C)c1O. The molecule has 3 aromatic rings. The third-order valence-electron chi connectivity index (χ3n) is 5.05. The Balaban J connectivity index is 1.75. The quantitative estimate of drug-likeness (QED) is 0.344. The van der Waals surface area contributed by atoms with Gasteiger partial charge < -0.3 is 14.6 Å². The van der Waals surface area contributed by atoms with Gasteiger partial charge in [0.05, 0.1) is 5.56 Å². The van der Waals surface area contributed by atoms with E-state index >= 15 is 0 Å². The zero-order valence-electron chi connectivity index (χ0n) is 18.8. The van der Waals surface area contributed by atoms with Crippen LogP contribution in [0.25, 0.3) is 11.1 Å². The molecule has 0 aromatic heterocycles. The number of aromatic hydroxyl groups is 1. The molecule has 0 fully saturated rings. The number of hydrogen-bond donors (Lipinski definition) is 1. The number of benzene rings is 3. The highest BCUT2D eigenvalue weighted by atomic mass is 16.5. The van der Waals surface area contributed by atoms with Crippen LogP contribution in [0.3, 0.4) is 0 Å². The molecular formula is C27H28O5. The fourth-order valence-electron chi connectivity index (χ4n) is 3.45. The lowest BCUT2D eigenvalue weighted by molar-refractivity contribution is -0.120. The largest absolute Gasteiger partial charge is 0.507 e. The minimum Gasteiger partial charge on any atom is -0.507 e. The molecule has 5 heteroatoms. The van der Waals surface area contributed by atoms with Gasteiger partial charge in [-0.3, -0.25) is 9.59 Å². The van der Waals surface area contributed by atoms with Crippen LogP contribution in [0.5, 0.6) is 17.2 Å². The summed E-state index contributed by atoms with van der Waals surface area (Å²) in [6, 6.07) is 18.5. The van der Waals surface area contributed by atoms with E-state index in [1.165, 1.54) is 0 Å². The maximum Gasteiger partial charge on any atom is 0.298 e. The van der Waals surface area contributed by atoms with E-state index in [9.17, 15) is 14.7 Å². The second kappa shape index (κ2) is 9.69. The van der Waals surface area contributed by atoms with E-state index in [4.69, 9.17) is 9.47 Å². The van der Waals surface area contributed by atoms with E-state index < -0.39 is 0 Å². The molecule has 3 rings (SSSR count). The maximum absolute atomic E-state index is 12.5. The molecule has 3 aromatic carbocycles. The van der Waals surface area contributed by atoms with Crippen molar-refractivity contribution in [2.45, 2.75) is 40.7 Å². The number of carbonyl (C=O) groups excluding carboxylic acids is 2. The molecule has 32 heavy (non-hydrogen) atoms. The van der Waals surface area contributed by atoms with Crippen molar-refractivity contribution < 1.29 is 24.2 Å². The van der Waals surface area contributed by atoms with Gasteiger partial charge in [-0.15, -0.1) is 0 Å². The fourth-order valence-corrected chi connectivity index (χ4v) is 3.45. The Bertz CT molecular complexity index is 1130. The second-order valence-electron chi connectivity index (χ2n) is 8.98. The van der Waals surface area contributed by atoms with E-state index in [1.807, 2.05) is 57.2 Å². The molecular weight excluding hydrogens is 404 g/mol. The Labute approximate surface area is 188 Å². The van der Waals surface area contributed by atoms with E-state index in [0.717, 1.165) is 16.7 Å². The summed E-state index contributed by atoms with van der Waals surface area (Å²) in [4.78, 5) is 23.1. The van der Waals surface area contributed by atoms with Gasteiger partial charge in [-0.1, -0.05) is 51.1 Å². The predicted molar refractivity (Wildman–Crippen MR) is 124 cm³/mol. The van der Waals surface area contributed by atoms with Crippen molar-refractivity contribution in [2.75, 3.05) is 0 Å². The van der Waals surface area contributed by atoms with Gasteiger partial charge in [0.2, 0.25) is 0 Å². The first kappa shape index (κ1) is 23.1. The smallest absolute Gasteiger partial charge is 0.298 e. The Hall–Kier alpha value is -3.60. The Kier molecular flexibility index (Phi) is 6.98. The molecule has 0 aliphatic carbocycles. The first-order valence-electron chi connectivity index (χ1n) is 10.5. The van der Waals surface area contributed by atoms with Gasteiger partial charge in [-0.25, -0.2) is 0 Å². The van der Waals surface area contributed by atoms with E-state index in [1.54, 1.807) is 31.2 Å². The molecule has 0 radical (unpaired) electrons. The van der Waals surface area contributed by atoms with Crippen molar-refractivity contribution in [3.63, 3.8) is 0 Å². The number of rotatable bonds is 8. The lowest BCUT2D eigenvalue weighted by Crippen LogP contribution is -2.13. The summed E-state index contributed by atoms with van der Waals surface area (Å²) < 4.78 is 10.9. The van der Waals surface area contributed by atoms with Crippen LogP contribution >= 0.6 is 0 Å². The lowest BCUT2D eigenvalue weighted by atomic mass is 9.87.